The molecule has 0 radical (unpaired) electrons. The van der Waals surface area contributed by atoms with E-state index < -0.39 is 15.8 Å². The lowest BCUT2D eigenvalue weighted by Gasteiger charge is -2.01. The molecule has 1 amide bonds. The average Bonchev–Trinajstić information content (AvgIpc) is 2.98. The van der Waals surface area contributed by atoms with Crippen LogP contribution in [0.2, 0.25) is 0 Å². The summed E-state index contributed by atoms with van der Waals surface area (Å²) in [6.07, 6.45) is 1.63. The summed E-state index contributed by atoms with van der Waals surface area (Å²) in [6, 6.07) is 10.2. The topological polar surface area (TPSA) is 121 Å². The minimum absolute atomic E-state index is 0.0134. The number of aromatic nitrogens is 1. The first-order valence-corrected chi connectivity index (χ1v) is 8.90. The fourth-order valence-electron chi connectivity index (χ4n) is 2.62. The van der Waals surface area contributed by atoms with Crippen LogP contribution in [-0.2, 0) is 17.8 Å². The zero-order valence-corrected chi connectivity index (χ0v) is 15.3. The van der Waals surface area contributed by atoms with Gasteiger partial charge in [-0.05, 0) is 11.6 Å². The number of rotatable bonds is 6. The molecule has 10 heteroatoms. The van der Waals surface area contributed by atoms with E-state index in [1.807, 2.05) is 0 Å². The van der Waals surface area contributed by atoms with Crippen molar-refractivity contribution in [3.63, 3.8) is 0 Å². The lowest BCUT2D eigenvalue weighted by Crippen LogP contribution is -2.16. The average molecular weight is 398 g/mol. The van der Waals surface area contributed by atoms with Gasteiger partial charge in [0.15, 0.2) is 4.80 Å². The molecule has 28 heavy (non-hydrogen) atoms. The van der Waals surface area contributed by atoms with E-state index in [9.17, 15) is 25.0 Å². The Morgan fingerprint density at radius 3 is 2.36 bits per heavy atom. The summed E-state index contributed by atoms with van der Waals surface area (Å²) in [5.41, 5.74) is 1.23. The van der Waals surface area contributed by atoms with E-state index in [1.54, 1.807) is 16.7 Å². The van der Waals surface area contributed by atoms with Crippen molar-refractivity contribution in [2.24, 2.45) is 4.99 Å². The summed E-state index contributed by atoms with van der Waals surface area (Å²) in [5, 5.41) is 21.7. The standard InChI is InChI=1S/C18H14N4O5S/c1-2-9-20-15-8-7-14(22(26)27)11-16(15)28-18(20)19-17(23)10-12-3-5-13(6-4-12)21(24)25/h2-8,11H,1,9-10H2. The third-order valence-corrected chi connectivity index (χ3v) is 4.95. The highest BCUT2D eigenvalue weighted by Gasteiger charge is 2.13. The molecule has 0 fully saturated rings. The minimum Gasteiger partial charge on any atom is -0.312 e. The molecule has 0 saturated carbocycles. The monoisotopic (exact) mass is 398 g/mol. The zero-order valence-electron chi connectivity index (χ0n) is 14.5. The molecule has 2 aromatic carbocycles. The lowest BCUT2D eigenvalue weighted by molar-refractivity contribution is -0.385. The minimum atomic E-state index is -0.509. The van der Waals surface area contributed by atoms with Gasteiger partial charge < -0.3 is 4.57 Å². The second kappa shape index (κ2) is 7.92. The maximum absolute atomic E-state index is 12.4. The van der Waals surface area contributed by atoms with Gasteiger partial charge in [0.1, 0.15) is 0 Å². The Balaban J connectivity index is 1.95. The summed E-state index contributed by atoms with van der Waals surface area (Å²) < 4.78 is 2.39. The Morgan fingerprint density at radius 1 is 1.11 bits per heavy atom. The van der Waals surface area contributed by atoms with Crippen LogP contribution in [0.1, 0.15) is 5.56 Å². The zero-order chi connectivity index (χ0) is 20.3. The van der Waals surface area contributed by atoms with E-state index in [0.29, 0.717) is 21.6 Å². The van der Waals surface area contributed by atoms with Crippen molar-refractivity contribution in [1.82, 2.24) is 4.57 Å². The number of carbonyl (C=O) groups is 1. The second-order valence-electron chi connectivity index (χ2n) is 5.80. The molecule has 3 aromatic rings. The number of hydrogen-bond acceptors (Lipinski definition) is 6. The molecule has 1 aromatic heterocycles. The number of non-ortho nitro benzene ring substituents is 2. The van der Waals surface area contributed by atoms with Crippen molar-refractivity contribution in [2.75, 3.05) is 0 Å². The first-order valence-electron chi connectivity index (χ1n) is 8.08. The molecule has 0 saturated heterocycles. The smallest absolute Gasteiger partial charge is 0.270 e. The molecular formula is C18H14N4O5S. The number of nitrogens with zero attached hydrogens (tertiary/aromatic N) is 4. The molecule has 0 aliphatic heterocycles. The first kappa shape index (κ1) is 19.1. The SMILES string of the molecule is C=CCn1c(=NC(=O)Cc2ccc([N+](=O)[O-])cc2)sc2cc([N+](=O)[O-])ccc21. The molecule has 0 spiro atoms. The van der Waals surface area contributed by atoms with E-state index in [2.05, 4.69) is 11.6 Å². The van der Waals surface area contributed by atoms with E-state index >= 15 is 0 Å². The van der Waals surface area contributed by atoms with Crippen LogP contribution in [0.15, 0.2) is 60.1 Å². The number of fused-ring (bicyclic) bond motifs is 1. The van der Waals surface area contributed by atoms with Crippen LogP contribution < -0.4 is 4.80 Å². The Kier molecular flexibility index (Phi) is 5.41. The molecule has 0 aliphatic rings. The highest BCUT2D eigenvalue weighted by molar-refractivity contribution is 7.16. The van der Waals surface area contributed by atoms with Gasteiger partial charge in [0.25, 0.3) is 17.3 Å². The van der Waals surface area contributed by atoms with Crippen LogP contribution in [0.3, 0.4) is 0 Å². The fourth-order valence-corrected chi connectivity index (χ4v) is 3.71. The summed E-state index contributed by atoms with van der Waals surface area (Å²) in [6.45, 7) is 4.08. The molecule has 0 atom stereocenters. The van der Waals surface area contributed by atoms with Gasteiger partial charge in [-0.25, -0.2) is 0 Å². The summed E-state index contributed by atoms with van der Waals surface area (Å²) >= 11 is 1.17. The second-order valence-corrected chi connectivity index (χ2v) is 6.81. The highest BCUT2D eigenvalue weighted by Crippen LogP contribution is 2.23. The molecular weight excluding hydrogens is 384 g/mol. The molecule has 142 valence electrons. The van der Waals surface area contributed by atoms with E-state index in [4.69, 9.17) is 0 Å². The van der Waals surface area contributed by atoms with Crippen molar-refractivity contribution in [3.05, 3.63) is 85.7 Å². The van der Waals surface area contributed by atoms with Gasteiger partial charge in [-0.3, -0.25) is 25.0 Å². The Morgan fingerprint density at radius 2 is 1.75 bits per heavy atom. The summed E-state index contributed by atoms with van der Waals surface area (Å²) in [5.74, 6) is -0.423. The highest BCUT2D eigenvalue weighted by atomic mass is 32.1. The van der Waals surface area contributed by atoms with Gasteiger partial charge >= 0.3 is 0 Å². The van der Waals surface area contributed by atoms with E-state index in [-0.39, 0.29) is 17.8 Å². The predicted octanol–water partition coefficient (Wildman–Crippen LogP) is 3.38. The predicted molar refractivity (Wildman–Crippen MR) is 104 cm³/mol. The Bertz CT molecular complexity index is 1160. The van der Waals surface area contributed by atoms with Crippen LogP contribution in [0, 0.1) is 20.2 Å². The van der Waals surface area contributed by atoms with Crippen molar-refractivity contribution in [2.45, 2.75) is 13.0 Å². The van der Waals surface area contributed by atoms with Crippen LogP contribution in [0.5, 0.6) is 0 Å². The fraction of sp³-hybridized carbons (Fsp3) is 0.111. The van der Waals surface area contributed by atoms with Crippen LogP contribution in [0.25, 0.3) is 10.2 Å². The van der Waals surface area contributed by atoms with Crippen LogP contribution in [-0.4, -0.2) is 20.3 Å². The number of benzene rings is 2. The van der Waals surface area contributed by atoms with E-state index in [1.165, 1.54) is 47.7 Å². The van der Waals surface area contributed by atoms with Crippen LogP contribution in [0.4, 0.5) is 11.4 Å². The molecule has 0 bridgehead atoms. The third-order valence-electron chi connectivity index (χ3n) is 3.91. The van der Waals surface area contributed by atoms with Gasteiger partial charge in [-0.2, -0.15) is 4.99 Å². The largest absolute Gasteiger partial charge is 0.312 e. The number of allylic oxidation sites excluding steroid dienone is 1. The van der Waals surface area contributed by atoms with Gasteiger partial charge in [-0.15, -0.1) is 6.58 Å². The Hall–Kier alpha value is -3.66. The number of thiazole rings is 1. The molecule has 3 rings (SSSR count). The van der Waals surface area contributed by atoms with Gasteiger partial charge in [-0.1, -0.05) is 29.5 Å². The number of amides is 1. The molecule has 1 heterocycles. The number of nitro groups is 2. The molecule has 9 nitrogen and oxygen atoms in total. The van der Waals surface area contributed by atoms with Gasteiger partial charge in [0.05, 0.1) is 26.5 Å². The third kappa shape index (κ3) is 4.01. The number of carbonyl (C=O) groups excluding carboxylic acids is 1. The first-order chi connectivity index (χ1) is 13.4. The van der Waals surface area contributed by atoms with E-state index in [0.717, 1.165) is 5.52 Å². The molecule has 0 N–H and O–H groups in total. The van der Waals surface area contributed by atoms with Crippen molar-refractivity contribution >= 4 is 38.8 Å². The summed E-state index contributed by atoms with van der Waals surface area (Å²) in [7, 11) is 0. The van der Waals surface area contributed by atoms with Crippen LogP contribution >= 0.6 is 11.3 Å². The normalized spacial score (nSPS) is 11.5. The van der Waals surface area contributed by atoms with Crippen molar-refractivity contribution in [3.8, 4) is 0 Å². The molecule has 0 aliphatic carbocycles. The molecule has 0 unspecified atom stereocenters. The lowest BCUT2D eigenvalue weighted by atomic mass is 10.1. The Labute approximate surface area is 162 Å². The van der Waals surface area contributed by atoms with Gasteiger partial charge in [0, 0.05) is 30.8 Å². The van der Waals surface area contributed by atoms with Gasteiger partial charge in [0.2, 0.25) is 0 Å². The number of nitro benzene ring substituents is 2. The van der Waals surface area contributed by atoms with Crippen molar-refractivity contribution in [1.29, 1.82) is 0 Å². The number of hydrogen-bond donors (Lipinski definition) is 0. The summed E-state index contributed by atoms with van der Waals surface area (Å²) in [4.78, 5) is 37.6. The maximum Gasteiger partial charge on any atom is 0.270 e. The maximum atomic E-state index is 12.4. The quantitative estimate of drug-likeness (QED) is 0.358. The van der Waals surface area contributed by atoms with Crippen molar-refractivity contribution < 1.29 is 14.6 Å².